The van der Waals surface area contributed by atoms with E-state index in [0.29, 0.717) is 5.56 Å². The summed E-state index contributed by atoms with van der Waals surface area (Å²) in [5, 5.41) is 2.19. The minimum absolute atomic E-state index is 0.473. The number of fused-ring (bicyclic) bond motifs is 3. The molecular weight excluding hydrogens is 366 g/mol. The molecule has 5 rings (SSSR count). The van der Waals surface area contributed by atoms with Gasteiger partial charge in [-0.25, -0.2) is 4.57 Å². The van der Waals surface area contributed by atoms with Crippen LogP contribution in [0.2, 0.25) is 0 Å². The number of hydrogen-bond donors (Lipinski definition) is 0. The van der Waals surface area contributed by atoms with Crippen LogP contribution >= 0.6 is 0 Å². The van der Waals surface area contributed by atoms with Crippen molar-refractivity contribution in [3.05, 3.63) is 90.1 Å². The van der Waals surface area contributed by atoms with Gasteiger partial charge in [0.05, 0.1) is 5.56 Å². The molecule has 2 heteroatoms. The molecule has 2 nitrogen and oxygen atoms in total. The summed E-state index contributed by atoms with van der Waals surface area (Å²) in [5.41, 5.74) is 7.37. The van der Waals surface area contributed by atoms with Crippen molar-refractivity contribution in [2.24, 2.45) is 7.05 Å². The molecule has 30 heavy (non-hydrogen) atoms. The molecule has 0 saturated heterocycles. The predicted molar refractivity (Wildman–Crippen MR) is 125 cm³/mol. The maximum atomic E-state index is 8.34. The number of para-hydroxylation sites is 1. The maximum Gasteiger partial charge on any atom is 0.216 e. The molecular formula is C28H26NO+. The van der Waals surface area contributed by atoms with Crippen molar-refractivity contribution in [2.45, 2.75) is 26.6 Å². The van der Waals surface area contributed by atoms with Crippen LogP contribution in [0.3, 0.4) is 0 Å². The summed E-state index contributed by atoms with van der Waals surface area (Å²) in [5.74, 6) is -1.66. The number of nitrogens with zero attached hydrogens (tertiary/aromatic N) is 1. The van der Waals surface area contributed by atoms with Crippen molar-refractivity contribution in [2.75, 3.05) is 0 Å². The molecule has 0 spiro atoms. The Morgan fingerprint density at radius 3 is 2.53 bits per heavy atom. The van der Waals surface area contributed by atoms with Gasteiger partial charge in [-0.3, -0.25) is 0 Å². The van der Waals surface area contributed by atoms with Crippen LogP contribution < -0.4 is 4.57 Å². The third kappa shape index (κ3) is 3.00. The van der Waals surface area contributed by atoms with Gasteiger partial charge in [-0.1, -0.05) is 68.4 Å². The lowest BCUT2D eigenvalue weighted by atomic mass is 9.96. The van der Waals surface area contributed by atoms with Gasteiger partial charge in [0.15, 0.2) is 6.20 Å². The smallest absolute Gasteiger partial charge is 0.216 e. The van der Waals surface area contributed by atoms with Gasteiger partial charge in [0, 0.05) is 28.4 Å². The molecule has 5 aromatic rings. The highest BCUT2D eigenvalue weighted by atomic mass is 16.3. The maximum absolute atomic E-state index is 8.34. The minimum Gasteiger partial charge on any atom is -0.455 e. The van der Waals surface area contributed by atoms with Gasteiger partial charge in [0.2, 0.25) is 5.69 Å². The molecule has 0 fully saturated rings. The first-order chi connectivity index (χ1) is 16.1. The Morgan fingerprint density at radius 1 is 0.933 bits per heavy atom. The van der Waals surface area contributed by atoms with Crippen LogP contribution in [0.15, 0.2) is 83.4 Å². The SMILES string of the molecule is [2H]C([2H])([2H])C([2H])(C)c1ccc(-c2cc[n+](C)c(-c3c(C)ccc4c3oc3ccccc34)c2)cc1. The second-order valence-electron chi connectivity index (χ2n) is 7.85. The van der Waals surface area contributed by atoms with Crippen LogP contribution in [0.1, 0.15) is 36.3 Å². The van der Waals surface area contributed by atoms with Crippen molar-refractivity contribution in [1.29, 1.82) is 0 Å². The summed E-state index contributed by atoms with van der Waals surface area (Å²) in [7, 11) is 2.02. The van der Waals surface area contributed by atoms with Crippen molar-refractivity contribution < 1.29 is 14.5 Å². The molecule has 148 valence electrons. The predicted octanol–water partition coefficient (Wildman–Crippen LogP) is 7.18. The van der Waals surface area contributed by atoms with E-state index in [1.54, 1.807) is 12.1 Å². The number of furan rings is 1. The molecule has 0 bridgehead atoms. The lowest BCUT2D eigenvalue weighted by Crippen LogP contribution is -2.30. The molecule has 1 unspecified atom stereocenters. The summed E-state index contributed by atoms with van der Waals surface area (Å²) in [4.78, 5) is 0. The topological polar surface area (TPSA) is 17.0 Å². The lowest BCUT2D eigenvalue weighted by molar-refractivity contribution is -0.660. The average molecular weight is 397 g/mol. The van der Waals surface area contributed by atoms with Gasteiger partial charge in [0.25, 0.3) is 0 Å². The molecule has 0 aliphatic heterocycles. The third-order valence-corrected chi connectivity index (χ3v) is 5.81. The molecule has 0 aliphatic carbocycles. The van der Waals surface area contributed by atoms with Crippen molar-refractivity contribution >= 4 is 21.9 Å². The van der Waals surface area contributed by atoms with Crippen LogP contribution in [0.5, 0.6) is 0 Å². The van der Waals surface area contributed by atoms with E-state index in [0.717, 1.165) is 49.9 Å². The number of rotatable bonds is 3. The zero-order valence-electron chi connectivity index (χ0n) is 21.4. The number of hydrogen-bond acceptors (Lipinski definition) is 1. The second kappa shape index (κ2) is 7.14. The Labute approximate surface area is 183 Å². The van der Waals surface area contributed by atoms with E-state index in [-0.39, 0.29) is 0 Å². The van der Waals surface area contributed by atoms with E-state index in [9.17, 15) is 0 Å². The van der Waals surface area contributed by atoms with Gasteiger partial charge in [-0.05, 0) is 41.1 Å². The Hall–Kier alpha value is -3.39. The molecule has 2 aromatic heterocycles. The van der Waals surface area contributed by atoms with Crippen LogP contribution in [0.25, 0.3) is 44.3 Å². The molecule has 0 N–H and O–H groups in total. The Morgan fingerprint density at radius 2 is 1.73 bits per heavy atom. The first-order valence-corrected chi connectivity index (χ1v) is 10.1. The highest BCUT2D eigenvalue weighted by molar-refractivity contribution is 6.09. The highest BCUT2D eigenvalue weighted by Crippen LogP contribution is 2.37. The van der Waals surface area contributed by atoms with E-state index in [1.165, 1.54) is 6.92 Å². The number of pyridine rings is 1. The standard InChI is InChI=1S/C28H26NO/c1-18(2)20-10-12-21(13-11-20)22-15-16-29(4)25(17-22)27-19(3)9-14-24-23-7-5-6-8-26(23)30-28(24)27/h5-18H,1-4H3/q+1/i1D3,18D. The first kappa shape index (κ1) is 14.6. The van der Waals surface area contributed by atoms with Crippen molar-refractivity contribution in [3.8, 4) is 22.4 Å². The first-order valence-electron chi connectivity index (χ1n) is 12.1. The van der Waals surface area contributed by atoms with Gasteiger partial charge < -0.3 is 4.42 Å². The molecule has 0 radical (unpaired) electrons. The fourth-order valence-corrected chi connectivity index (χ4v) is 4.12. The minimum atomic E-state index is -2.40. The van der Waals surface area contributed by atoms with E-state index in [1.807, 2.05) is 49.6 Å². The normalized spacial score (nSPS) is 16.0. The van der Waals surface area contributed by atoms with E-state index < -0.39 is 12.7 Å². The molecule has 0 aliphatic rings. The van der Waals surface area contributed by atoms with Crippen LogP contribution in [-0.4, -0.2) is 0 Å². The van der Waals surface area contributed by atoms with E-state index >= 15 is 0 Å². The van der Waals surface area contributed by atoms with Crippen molar-refractivity contribution in [3.63, 3.8) is 0 Å². The average Bonchev–Trinajstić information content (AvgIpc) is 3.17. The Balaban J connectivity index is 1.64. The number of benzene rings is 3. The van der Waals surface area contributed by atoms with Gasteiger partial charge in [0.1, 0.15) is 18.2 Å². The Bertz CT molecular complexity index is 1530. The summed E-state index contributed by atoms with van der Waals surface area (Å²) >= 11 is 0. The monoisotopic (exact) mass is 396 g/mol. The fraction of sp³-hybridized carbons (Fsp3) is 0.179. The largest absolute Gasteiger partial charge is 0.455 e. The quantitative estimate of drug-likeness (QED) is 0.295. The van der Waals surface area contributed by atoms with Crippen molar-refractivity contribution in [1.82, 2.24) is 0 Å². The molecule has 3 aromatic carbocycles. The fourth-order valence-electron chi connectivity index (χ4n) is 4.12. The molecule has 0 amide bonds. The summed E-state index contributed by atoms with van der Waals surface area (Å²) in [6.45, 7) is 1.13. The molecule has 0 saturated carbocycles. The van der Waals surface area contributed by atoms with Gasteiger partial charge in [-0.15, -0.1) is 0 Å². The highest BCUT2D eigenvalue weighted by Gasteiger charge is 2.21. The number of aryl methyl sites for hydroxylation is 2. The van der Waals surface area contributed by atoms with Crippen LogP contribution in [-0.2, 0) is 7.05 Å². The summed E-state index contributed by atoms with van der Waals surface area (Å²) in [6.07, 6.45) is 2.02. The van der Waals surface area contributed by atoms with E-state index in [2.05, 4.69) is 35.8 Å². The Kier molecular flexibility index (Phi) is 3.47. The third-order valence-electron chi connectivity index (χ3n) is 5.81. The van der Waals surface area contributed by atoms with Gasteiger partial charge >= 0.3 is 0 Å². The van der Waals surface area contributed by atoms with E-state index in [4.69, 9.17) is 9.90 Å². The lowest BCUT2D eigenvalue weighted by Gasteiger charge is -2.09. The van der Waals surface area contributed by atoms with Gasteiger partial charge in [-0.2, -0.15) is 0 Å². The zero-order valence-corrected chi connectivity index (χ0v) is 17.4. The van der Waals surface area contributed by atoms with Crippen LogP contribution in [0, 0.1) is 6.92 Å². The zero-order chi connectivity index (χ0) is 24.3. The van der Waals surface area contributed by atoms with Crippen LogP contribution in [0.4, 0.5) is 0 Å². The summed E-state index contributed by atoms with van der Waals surface area (Å²) in [6, 6.07) is 23.8. The summed E-state index contributed by atoms with van der Waals surface area (Å²) < 4.78 is 39.8. The molecule has 1 atom stereocenters. The number of aromatic nitrogens is 1. The second-order valence-corrected chi connectivity index (χ2v) is 7.85. The molecule has 2 heterocycles.